The van der Waals surface area contributed by atoms with Crippen molar-refractivity contribution in [2.45, 2.75) is 18.0 Å². The number of hydrogen-bond acceptors (Lipinski definition) is 6. The van der Waals surface area contributed by atoms with Crippen LogP contribution in [0.25, 0.3) is 11.0 Å². The summed E-state index contributed by atoms with van der Waals surface area (Å²) in [7, 11) is -4.45. The molecule has 0 saturated carbocycles. The van der Waals surface area contributed by atoms with Crippen LogP contribution in [0.4, 0.5) is 4.79 Å². The van der Waals surface area contributed by atoms with Crippen LogP contribution in [0.1, 0.15) is 11.1 Å². The largest absolute Gasteiger partial charge is 0.444 e. The molecular weight excluding hydrogens is 428 g/mol. The Bertz CT molecular complexity index is 1400. The number of nitrogens with one attached hydrogen (secondary N) is 1. The van der Waals surface area contributed by atoms with Crippen molar-refractivity contribution in [3.05, 3.63) is 108 Å². The second kappa shape index (κ2) is 9.07. The minimum absolute atomic E-state index is 0.0870. The Kier molecular flexibility index (Phi) is 6.04. The number of amides is 1. The fourth-order valence-electron chi connectivity index (χ4n) is 3.16. The summed E-state index contributed by atoms with van der Waals surface area (Å²) in [5.74, 6) is 0. The van der Waals surface area contributed by atoms with Crippen molar-refractivity contribution in [3.63, 3.8) is 0 Å². The maximum atomic E-state index is 13.5. The Labute approximate surface area is 185 Å². The van der Waals surface area contributed by atoms with Gasteiger partial charge in [0.15, 0.2) is 4.90 Å². The molecule has 0 aliphatic carbocycles. The zero-order valence-corrected chi connectivity index (χ0v) is 17.8. The van der Waals surface area contributed by atoms with Gasteiger partial charge in [-0.15, -0.1) is 0 Å². The maximum Gasteiger partial charge on any atom is 0.424 e. The average molecular weight is 449 g/mol. The van der Waals surface area contributed by atoms with Gasteiger partial charge in [0, 0.05) is 5.39 Å². The van der Waals surface area contributed by atoms with Crippen LogP contribution in [-0.4, -0.2) is 18.8 Å². The molecule has 0 bridgehead atoms. The molecule has 0 aliphatic rings. The summed E-state index contributed by atoms with van der Waals surface area (Å²) >= 11 is 0. The van der Waals surface area contributed by atoms with E-state index in [1.807, 2.05) is 6.07 Å². The SMILES string of the molecule is N=c1oc2ccccc2cc1S(=O)(=O)N(Cc1ccccc1)C(=O)OCc1ccccc1. The Hall–Kier alpha value is -3.91. The lowest BCUT2D eigenvalue weighted by Gasteiger charge is -2.22. The molecule has 0 aliphatic heterocycles. The summed E-state index contributed by atoms with van der Waals surface area (Å²) in [6, 6.07) is 25.8. The smallest absolute Gasteiger partial charge is 0.424 e. The Morgan fingerprint density at radius 2 is 1.47 bits per heavy atom. The number of hydrogen-bond donors (Lipinski definition) is 1. The van der Waals surface area contributed by atoms with E-state index in [-0.39, 0.29) is 13.2 Å². The molecule has 1 aromatic heterocycles. The minimum Gasteiger partial charge on any atom is -0.444 e. The van der Waals surface area contributed by atoms with E-state index < -0.39 is 26.6 Å². The first kappa shape index (κ1) is 21.3. The van der Waals surface area contributed by atoms with Gasteiger partial charge in [-0.3, -0.25) is 5.41 Å². The monoisotopic (exact) mass is 448 g/mol. The van der Waals surface area contributed by atoms with Crippen LogP contribution < -0.4 is 5.55 Å². The lowest BCUT2D eigenvalue weighted by atomic mass is 10.2. The maximum absolute atomic E-state index is 13.5. The van der Waals surface area contributed by atoms with Crippen LogP contribution in [0, 0.1) is 5.41 Å². The molecule has 162 valence electrons. The van der Waals surface area contributed by atoms with Gasteiger partial charge in [0.1, 0.15) is 12.2 Å². The number of para-hydroxylation sites is 1. The van der Waals surface area contributed by atoms with Crippen LogP contribution in [0.3, 0.4) is 0 Å². The standard InChI is InChI=1S/C24H20N2O5S/c25-23-22(15-20-13-7-8-14-21(20)31-23)32(28,29)26(16-18-9-3-1-4-10-18)24(27)30-17-19-11-5-2-6-12-19/h1-15,25H,16-17H2. The average Bonchev–Trinajstić information content (AvgIpc) is 2.81. The zero-order valence-electron chi connectivity index (χ0n) is 17.0. The van der Waals surface area contributed by atoms with Gasteiger partial charge in [0.25, 0.3) is 10.0 Å². The van der Waals surface area contributed by atoms with Crippen molar-refractivity contribution < 1.29 is 22.4 Å². The quantitative estimate of drug-likeness (QED) is 0.470. The van der Waals surface area contributed by atoms with Gasteiger partial charge in [0.05, 0.1) is 6.54 Å². The number of carbonyl (C=O) groups is 1. The molecule has 0 fully saturated rings. The minimum atomic E-state index is -4.45. The summed E-state index contributed by atoms with van der Waals surface area (Å²) in [5.41, 5.74) is 1.13. The fourth-order valence-corrected chi connectivity index (χ4v) is 4.52. The van der Waals surface area contributed by atoms with Crippen molar-refractivity contribution in [2.75, 3.05) is 0 Å². The van der Waals surface area contributed by atoms with E-state index >= 15 is 0 Å². The molecule has 1 N–H and O–H groups in total. The lowest BCUT2D eigenvalue weighted by molar-refractivity contribution is 0.117. The second-order valence-corrected chi connectivity index (χ2v) is 8.85. The third-order valence-electron chi connectivity index (χ3n) is 4.79. The molecular formula is C24H20N2O5S. The predicted octanol–water partition coefficient (Wildman–Crippen LogP) is 4.44. The molecule has 0 atom stereocenters. The second-order valence-electron chi connectivity index (χ2n) is 7.02. The summed E-state index contributed by atoms with van der Waals surface area (Å²) in [4.78, 5) is 12.5. The van der Waals surface area contributed by atoms with Crippen molar-refractivity contribution in [1.29, 1.82) is 5.41 Å². The molecule has 32 heavy (non-hydrogen) atoms. The number of carbonyl (C=O) groups excluding carboxylic acids is 1. The molecule has 4 rings (SSSR count). The molecule has 0 saturated heterocycles. The van der Waals surface area contributed by atoms with E-state index in [2.05, 4.69) is 0 Å². The number of fused-ring (bicyclic) bond motifs is 1. The third-order valence-corrected chi connectivity index (χ3v) is 6.50. The lowest BCUT2D eigenvalue weighted by Crippen LogP contribution is -2.38. The summed E-state index contributed by atoms with van der Waals surface area (Å²) in [6.45, 7) is -0.334. The highest BCUT2D eigenvalue weighted by molar-refractivity contribution is 7.89. The zero-order chi connectivity index (χ0) is 22.6. The molecule has 3 aromatic carbocycles. The molecule has 8 heteroatoms. The Morgan fingerprint density at radius 3 is 2.16 bits per heavy atom. The molecule has 0 spiro atoms. The van der Waals surface area contributed by atoms with Crippen molar-refractivity contribution in [1.82, 2.24) is 4.31 Å². The van der Waals surface area contributed by atoms with Gasteiger partial charge < -0.3 is 9.15 Å². The molecule has 1 heterocycles. The number of benzene rings is 3. The Balaban J connectivity index is 1.72. The number of ether oxygens (including phenoxy) is 1. The number of sulfonamides is 1. The number of rotatable bonds is 6. The fraction of sp³-hybridized carbons (Fsp3) is 0.0833. The predicted molar refractivity (Wildman–Crippen MR) is 118 cm³/mol. The number of nitrogens with zero attached hydrogens (tertiary/aromatic N) is 1. The van der Waals surface area contributed by atoms with E-state index in [0.29, 0.717) is 20.8 Å². The molecule has 0 radical (unpaired) electrons. The first-order chi connectivity index (χ1) is 15.4. The van der Waals surface area contributed by atoms with Gasteiger partial charge in [-0.05, 0) is 23.3 Å². The van der Waals surface area contributed by atoms with E-state index in [1.165, 1.54) is 6.07 Å². The summed E-state index contributed by atoms with van der Waals surface area (Å²) < 4.78 is 38.3. The van der Waals surface area contributed by atoms with Gasteiger partial charge >= 0.3 is 6.09 Å². The summed E-state index contributed by atoms with van der Waals surface area (Å²) in [6.07, 6.45) is -1.04. The molecule has 7 nitrogen and oxygen atoms in total. The van der Waals surface area contributed by atoms with Crippen molar-refractivity contribution >= 4 is 27.1 Å². The molecule has 4 aromatic rings. The Morgan fingerprint density at radius 1 is 0.875 bits per heavy atom. The van der Waals surface area contributed by atoms with E-state index in [9.17, 15) is 13.2 Å². The van der Waals surface area contributed by atoms with E-state index in [0.717, 1.165) is 5.56 Å². The first-order valence-electron chi connectivity index (χ1n) is 9.80. The van der Waals surface area contributed by atoms with Gasteiger partial charge in [-0.25, -0.2) is 13.2 Å². The van der Waals surface area contributed by atoms with E-state index in [1.54, 1.807) is 78.9 Å². The van der Waals surface area contributed by atoms with Crippen LogP contribution in [0.15, 0.2) is 100 Å². The van der Waals surface area contributed by atoms with Gasteiger partial charge in [-0.2, -0.15) is 4.31 Å². The van der Waals surface area contributed by atoms with Crippen molar-refractivity contribution in [3.8, 4) is 0 Å². The highest BCUT2D eigenvalue weighted by Gasteiger charge is 2.33. The third kappa shape index (κ3) is 4.55. The molecule has 0 unspecified atom stereocenters. The molecule has 1 amide bonds. The topological polar surface area (TPSA) is 101 Å². The van der Waals surface area contributed by atoms with Crippen LogP contribution in [0.5, 0.6) is 0 Å². The van der Waals surface area contributed by atoms with E-state index in [4.69, 9.17) is 14.6 Å². The highest BCUT2D eigenvalue weighted by atomic mass is 32.2. The highest BCUT2D eigenvalue weighted by Crippen LogP contribution is 2.21. The van der Waals surface area contributed by atoms with Crippen LogP contribution in [0.2, 0.25) is 0 Å². The van der Waals surface area contributed by atoms with Gasteiger partial charge in [0.2, 0.25) is 5.55 Å². The van der Waals surface area contributed by atoms with Crippen molar-refractivity contribution in [2.24, 2.45) is 0 Å². The summed E-state index contributed by atoms with van der Waals surface area (Å²) in [5, 5.41) is 8.63. The van der Waals surface area contributed by atoms with Gasteiger partial charge in [-0.1, -0.05) is 78.9 Å². The first-order valence-corrected chi connectivity index (χ1v) is 11.2. The van der Waals surface area contributed by atoms with Crippen LogP contribution in [-0.2, 0) is 27.9 Å². The normalized spacial score (nSPS) is 11.2. The van der Waals surface area contributed by atoms with Crippen LogP contribution >= 0.6 is 0 Å².